The van der Waals surface area contributed by atoms with Crippen LogP contribution in [0.15, 0.2) is 36.4 Å². The zero-order chi connectivity index (χ0) is 21.4. The smallest absolute Gasteiger partial charge is 0.422 e. The van der Waals surface area contributed by atoms with Crippen LogP contribution in [0.4, 0.5) is 24.5 Å². The highest BCUT2D eigenvalue weighted by molar-refractivity contribution is 7.92. The Hall–Kier alpha value is -2.46. The Morgan fingerprint density at radius 2 is 1.97 bits per heavy atom. The number of sulfonamides is 1. The van der Waals surface area contributed by atoms with Crippen molar-refractivity contribution in [1.82, 2.24) is 0 Å². The topological polar surface area (TPSA) is 75.7 Å². The van der Waals surface area contributed by atoms with Crippen molar-refractivity contribution in [2.24, 2.45) is 0 Å². The van der Waals surface area contributed by atoms with Gasteiger partial charge in [-0.1, -0.05) is 11.6 Å². The van der Waals surface area contributed by atoms with Crippen LogP contribution in [0.2, 0.25) is 5.02 Å². The van der Waals surface area contributed by atoms with E-state index >= 15 is 0 Å². The van der Waals surface area contributed by atoms with Gasteiger partial charge in [0, 0.05) is 17.1 Å². The van der Waals surface area contributed by atoms with Gasteiger partial charge in [-0.2, -0.15) is 13.2 Å². The number of alkyl halides is 3. The van der Waals surface area contributed by atoms with Crippen molar-refractivity contribution in [3.63, 3.8) is 0 Å². The summed E-state index contributed by atoms with van der Waals surface area (Å²) >= 11 is 5.88. The molecule has 0 aliphatic carbocycles. The van der Waals surface area contributed by atoms with Gasteiger partial charge in [-0.05, 0) is 48.4 Å². The van der Waals surface area contributed by atoms with E-state index in [1.54, 1.807) is 6.07 Å². The van der Waals surface area contributed by atoms with Crippen molar-refractivity contribution in [2.45, 2.75) is 12.6 Å². The van der Waals surface area contributed by atoms with Crippen LogP contribution in [-0.4, -0.2) is 39.9 Å². The predicted octanol–water partition coefficient (Wildman–Crippen LogP) is 3.86. The Bertz CT molecular complexity index is 1060. The summed E-state index contributed by atoms with van der Waals surface area (Å²) in [5, 5.41) is 2.69. The lowest BCUT2D eigenvalue weighted by Gasteiger charge is -2.17. The maximum atomic E-state index is 12.6. The molecule has 1 N–H and O–H groups in total. The van der Waals surface area contributed by atoms with E-state index in [2.05, 4.69) is 5.32 Å². The number of hydrogen-bond acceptors (Lipinski definition) is 4. The van der Waals surface area contributed by atoms with Gasteiger partial charge in [0.1, 0.15) is 5.75 Å². The SMILES string of the molecule is CS(=O)(=O)N1CCc2cc(C(=O)Nc3cc(Cl)ccc3OCC(F)(F)F)ccc21. The summed E-state index contributed by atoms with van der Waals surface area (Å²) in [5.74, 6) is -0.769. The molecule has 2 aromatic rings. The van der Waals surface area contributed by atoms with E-state index in [0.29, 0.717) is 17.7 Å². The number of nitrogens with zero attached hydrogens (tertiary/aromatic N) is 1. The normalized spacial score (nSPS) is 13.9. The van der Waals surface area contributed by atoms with Crippen LogP contribution >= 0.6 is 11.6 Å². The first-order valence-corrected chi connectivity index (χ1v) is 10.6. The van der Waals surface area contributed by atoms with E-state index in [9.17, 15) is 26.4 Å². The summed E-state index contributed by atoms with van der Waals surface area (Å²) in [5.41, 5.74) is 1.40. The van der Waals surface area contributed by atoms with Gasteiger partial charge in [-0.3, -0.25) is 9.10 Å². The summed E-state index contributed by atoms with van der Waals surface area (Å²) in [6.45, 7) is -1.24. The second-order valence-electron chi connectivity index (χ2n) is 6.43. The van der Waals surface area contributed by atoms with Crippen molar-refractivity contribution in [3.8, 4) is 5.75 Å². The van der Waals surface area contributed by atoms with Crippen LogP contribution in [-0.2, 0) is 16.4 Å². The number of nitrogens with one attached hydrogen (secondary N) is 1. The minimum Gasteiger partial charge on any atom is -0.482 e. The summed E-state index contributed by atoms with van der Waals surface area (Å²) < 4.78 is 66.9. The number of hydrogen-bond donors (Lipinski definition) is 1. The minimum absolute atomic E-state index is 0.00925. The molecule has 0 atom stereocenters. The largest absolute Gasteiger partial charge is 0.482 e. The van der Waals surface area contributed by atoms with E-state index in [1.807, 2.05) is 0 Å². The first-order valence-electron chi connectivity index (χ1n) is 8.35. The second kappa shape index (κ2) is 7.75. The number of rotatable bonds is 5. The highest BCUT2D eigenvalue weighted by Crippen LogP contribution is 2.32. The Labute approximate surface area is 170 Å². The van der Waals surface area contributed by atoms with E-state index in [4.69, 9.17) is 16.3 Å². The molecule has 156 valence electrons. The molecule has 0 saturated carbocycles. The molecule has 3 rings (SSSR count). The maximum absolute atomic E-state index is 12.6. The number of ether oxygens (including phenoxy) is 1. The van der Waals surface area contributed by atoms with Crippen molar-refractivity contribution in [3.05, 3.63) is 52.5 Å². The highest BCUT2D eigenvalue weighted by atomic mass is 35.5. The zero-order valence-corrected chi connectivity index (χ0v) is 16.7. The fraction of sp³-hybridized carbons (Fsp3) is 0.278. The van der Waals surface area contributed by atoms with Crippen LogP contribution in [0.5, 0.6) is 5.75 Å². The molecule has 29 heavy (non-hydrogen) atoms. The van der Waals surface area contributed by atoms with Gasteiger partial charge in [-0.15, -0.1) is 0 Å². The fourth-order valence-electron chi connectivity index (χ4n) is 2.94. The molecule has 1 heterocycles. The second-order valence-corrected chi connectivity index (χ2v) is 8.77. The van der Waals surface area contributed by atoms with Crippen LogP contribution < -0.4 is 14.4 Å². The molecule has 1 aliphatic heterocycles. The van der Waals surface area contributed by atoms with Crippen molar-refractivity contribution in [1.29, 1.82) is 0 Å². The number of halogens is 4. The molecule has 0 aromatic heterocycles. The van der Waals surface area contributed by atoms with E-state index < -0.39 is 28.7 Å². The summed E-state index contributed by atoms with van der Waals surface area (Å²) in [6.07, 6.45) is -2.99. The molecule has 1 amide bonds. The number of benzene rings is 2. The maximum Gasteiger partial charge on any atom is 0.422 e. The fourth-order valence-corrected chi connectivity index (χ4v) is 4.07. The minimum atomic E-state index is -4.54. The lowest BCUT2D eigenvalue weighted by molar-refractivity contribution is -0.153. The van der Waals surface area contributed by atoms with Crippen LogP contribution in [0.25, 0.3) is 0 Å². The van der Waals surface area contributed by atoms with Gasteiger partial charge in [0.05, 0.1) is 17.6 Å². The Morgan fingerprint density at radius 1 is 1.24 bits per heavy atom. The van der Waals surface area contributed by atoms with Crippen molar-refractivity contribution < 1.29 is 31.1 Å². The molecule has 6 nitrogen and oxygen atoms in total. The van der Waals surface area contributed by atoms with Gasteiger partial charge in [0.15, 0.2) is 6.61 Å². The van der Waals surface area contributed by atoms with Gasteiger partial charge in [0.2, 0.25) is 10.0 Å². The third-order valence-electron chi connectivity index (χ3n) is 4.18. The molecule has 2 aromatic carbocycles. The van der Waals surface area contributed by atoms with Crippen LogP contribution in [0.1, 0.15) is 15.9 Å². The summed E-state index contributed by atoms with van der Waals surface area (Å²) in [4.78, 5) is 12.6. The molecule has 0 radical (unpaired) electrons. The Balaban J connectivity index is 1.82. The predicted molar refractivity (Wildman–Crippen MR) is 103 cm³/mol. The zero-order valence-electron chi connectivity index (χ0n) is 15.1. The molecular formula is C18H16ClF3N2O4S. The van der Waals surface area contributed by atoms with Crippen molar-refractivity contribution in [2.75, 3.05) is 29.0 Å². The number of carbonyl (C=O) groups is 1. The third-order valence-corrected chi connectivity index (χ3v) is 5.59. The highest BCUT2D eigenvalue weighted by Gasteiger charge is 2.29. The molecule has 0 saturated heterocycles. The van der Waals surface area contributed by atoms with Gasteiger partial charge in [0.25, 0.3) is 5.91 Å². The van der Waals surface area contributed by atoms with E-state index in [1.165, 1.54) is 34.6 Å². The lowest BCUT2D eigenvalue weighted by atomic mass is 10.1. The lowest BCUT2D eigenvalue weighted by Crippen LogP contribution is -2.27. The molecule has 0 bridgehead atoms. The summed E-state index contributed by atoms with van der Waals surface area (Å²) in [6, 6.07) is 8.38. The molecular weight excluding hydrogens is 433 g/mol. The average Bonchev–Trinajstić information content (AvgIpc) is 3.03. The molecule has 0 fully saturated rings. The molecule has 1 aliphatic rings. The van der Waals surface area contributed by atoms with Gasteiger partial charge < -0.3 is 10.1 Å². The van der Waals surface area contributed by atoms with Crippen LogP contribution in [0.3, 0.4) is 0 Å². The summed E-state index contributed by atoms with van der Waals surface area (Å²) in [7, 11) is -3.42. The van der Waals surface area contributed by atoms with E-state index in [-0.39, 0.29) is 28.6 Å². The molecule has 0 unspecified atom stereocenters. The van der Waals surface area contributed by atoms with Gasteiger partial charge in [-0.25, -0.2) is 8.42 Å². The Morgan fingerprint density at radius 3 is 2.62 bits per heavy atom. The Kier molecular flexibility index (Phi) is 5.68. The first-order chi connectivity index (χ1) is 13.4. The number of fused-ring (bicyclic) bond motifs is 1. The monoisotopic (exact) mass is 448 g/mol. The van der Waals surface area contributed by atoms with Crippen LogP contribution in [0, 0.1) is 0 Å². The van der Waals surface area contributed by atoms with Crippen molar-refractivity contribution >= 4 is 38.9 Å². The van der Waals surface area contributed by atoms with E-state index in [0.717, 1.165) is 6.26 Å². The number of anilines is 2. The first kappa shape index (κ1) is 21.3. The third kappa shape index (κ3) is 5.13. The average molecular weight is 449 g/mol. The standard InChI is InChI=1S/C18H16ClF3N2O4S/c1-29(26,27)24-7-6-11-8-12(2-4-15(11)24)17(25)23-14-9-13(19)3-5-16(14)28-10-18(20,21)22/h2-5,8-9H,6-7,10H2,1H3,(H,23,25). The molecule has 11 heteroatoms. The number of carbonyl (C=O) groups excluding carboxylic acids is 1. The number of amides is 1. The molecule has 0 spiro atoms. The quantitative estimate of drug-likeness (QED) is 0.753. The van der Waals surface area contributed by atoms with Gasteiger partial charge >= 0.3 is 6.18 Å².